The first-order valence-corrected chi connectivity index (χ1v) is 6.98. The molecule has 100 valence electrons. The van der Waals surface area contributed by atoms with Gasteiger partial charge in [0, 0.05) is 0 Å². The van der Waals surface area contributed by atoms with Crippen LogP contribution in [0.4, 0.5) is 0 Å². The highest BCUT2D eigenvalue weighted by molar-refractivity contribution is 5.10. The van der Waals surface area contributed by atoms with Gasteiger partial charge in [-0.05, 0) is 18.8 Å². The number of rotatable bonds is 6. The fourth-order valence-corrected chi connectivity index (χ4v) is 2.85. The van der Waals surface area contributed by atoms with Crippen molar-refractivity contribution in [1.29, 1.82) is 0 Å². The topological polar surface area (TPSA) is 50.9 Å². The fourth-order valence-electron chi connectivity index (χ4n) is 2.85. The summed E-state index contributed by atoms with van der Waals surface area (Å²) >= 11 is 0. The molecule has 0 saturated heterocycles. The maximum atomic E-state index is 9.30. The van der Waals surface area contributed by atoms with Crippen LogP contribution in [0.3, 0.4) is 0 Å². The summed E-state index contributed by atoms with van der Waals surface area (Å²) in [4.78, 5) is 0. The van der Waals surface area contributed by atoms with E-state index in [9.17, 15) is 5.11 Å². The van der Waals surface area contributed by atoms with Gasteiger partial charge >= 0.3 is 0 Å². The molecule has 0 atom stereocenters. The van der Waals surface area contributed by atoms with Gasteiger partial charge in [0.15, 0.2) is 0 Å². The van der Waals surface area contributed by atoms with Gasteiger partial charge < -0.3 is 5.11 Å². The van der Waals surface area contributed by atoms with Gasteiger partial charge in [-0.2, -0.15) is 0 Å². The van der Waals surface area contributed by atoms with E-state index in [1.807, 2.05) is 10.8 Å². The van der Waals surface area contributed by atoms with E-state index in [1.54, 1.807) is 0 Å². The SMILES string of the molecule is C=CCn1nnc(CO)c1CCC1CCCCC1. The highest BCUT2D eigenvalue weighted by Crippen LogP contribution is 2.27. The number of hydrogen-bond donors (Lipinski definition) is 1. The summed E-state index contributed by atoms with van der Waals surface area (Å²) < 4.78 is 1.86. The lowest BCUT2D eigenvalue weighted by Crippen LogP contribution is -2.11. The number of aliphatic hydroxyl groups excluding tert-OH is 1. The first kappa shape index (κ1) is 13.3. The Labute approximate surface area is 109 Å². The van der Waals surface area contributed by atoms with Gasteiger partial charge in [0.25, 0.3) is 0 Å². The summed E-state index contributed by atoms with van der Waals surface area (Å²) in [5.41, 5.74) is 1.82. The third kappa shape index (κ3) is 3.19. The first-order chi connectivity index (χ1) is 8.85. The molecule has 1 fully saturated rings. The van der Waals surface area contributed by atoms with Crippen LogP contribution in [0.5, 0.6) is 0 Å². The average Bonchev–Trinajstić information content (AvgIpc) is 2.80. The lowest BCUT2D eigenvalue weighted by atomic mass is 9.85. The molecule has 1 N–H and O–H groups in total. The molecule has 4 nitrogen and oxygen atoms in total. The van der Waals surface area contributed by atoms with Gasteiger partial charge in [0.2, 0.25) is 0 Å². The van der Waals surface area contributed by atoms with Crippen LogP contribution in [-0.4, -0.2) is 20.1 Å². The van der Waals surface area contributed by atoms with E-state index in [0.29, 0.717) is 6.54 Å². The zero-order chi connectivity index (χ0) is 12.8. The molecule has 0 aliphatic heterocycles. The van der Waals surface area contributed by atoms with Crippen molar-refractivity contribution in [2.45, 2.75) is 58.1 Å². The highest BCUT2D eigenvalue weighted by Gasteiger charge is 2.16. The Kier molecular flexibility index (Phi) is 4.93. The molecule has 4 heteroatoms. The van der Waals surface area contributed by atoms with E-state index in [4.69, 9.17) is 0 Å². The Hall–Kier alpha value is -1.16. The van der Waals surface area contributed by atoms with Crippen LogP contribution in [0.1, 0.15) is 49.9 Å². The summed E-state index contributed by atoms with van der Waals surface area (Å²) in [6, 6.07) is 0. The molecule has 1 aliphatic rings. The van der Waals surface area contributed by atoms with Crippen molar-refractivity contribution in [3.63, 3.8) is 0 Å². The zero-order valence-corrected chi connectivity index (χ0v) is 11.0. The molecule has 1 aliphatic carbocycles. The molecule has 1 heterocycles. The Balaban J connectivity index is 1.97. The zero-order valence-electron chi connectivity index (χ0n) is 11.0. The van der Waals surface area contributed by atoms with Crippen LogP contribution < -0.4 is 0 Å². The second-order valence-electron chi connectivity index (χ2n) is 5.15. The van der Waals surface area contributed by atoms with E-state index < -0.39 is 0 Å². The highest BCUT2D eigenvalue weighted by atomic mass is 16.3. The Morgan fingerprint density at radius 3 is 2.78 bits per heavy atom. The minimum absolute atomic E-state index is 0.0167. The molecule has 2 rings (SSSR count). The van der Waals surface area contributed by atoms with Crippen molar-refractivity contribution in [2.24, 2.45) is 5.92 Å². The van der Waals surface area contributed by atoms with Crippen molar-refractivity contribution >= 4 is 0 Å². The van der Waals surface area contributed by atoms with E-state index in [1.165, 1.54) is 38.5 Å². The monoisotopic (exact) mass is 249 g/mol. The third-order valence-corrected chi connectivity index (χ3v) is 3.88. The Morgan fingerprint density at radius 2 is 2.11 bits per heavy atom. The van der Waals surface area contributed by atoms with Gasteiger partial charge in [-0.15, -0.1) is 11.7 Å². The molecule has 1 aromatic rings. The quantitative estimate of drug-likeness (QED) is 0.788. The smallest absolute Gasteiger partial charge is 0.111 e. The lowest BCUT2D eigenvalue weighted by molar-refractivity contribution is 0.274. The maximum Gasteiger partial charge on any atom is 0.111 e. The minimum Gasteiger partial charge on any atom is -0.390 e. The molecular formula is C14H23N3O. The molecule has 0 aromatic carbocycles. The predicted octanol–water partition coefficient (Wildman–Crippen LogP) is 2.47. The van der Waals surface area contributed by atoms with Crippen LogP contribution in [-0.2, 0) is 19.6 Å². The predicted molar refractivity (Wildman–Crippen MR) is 71.0 cm³/mol. The normalized spacial score (nSPS) is 16.9. The molecule has 1 aromatic heterocycles. The van der Waals surface area contributed by atoms with E-state index in [2.05, 4.69) is 16.9 Å². The largest absolute Gasteiger partial charge is 0.390 e. The maximum absolute atomic E-state index is 9.30. The Bertz CT molecular complexity index is 380. The number of aliphatic hydroxyl groups is 1. The lowest BCUT2D eigenvalue weighted by Gasteiger charge is -2.21. The summed E-state index contributed by atoms with van der Waals surface area (Å²) in [6.07, 6.45) is 10.9. The van der Waals surface area contributed by atoms with Crippen molar-refractivity contribution in [1.82, 2.24) is 15.0 Å². The van der Waals surface area contributed by atoms with Crippen LogP contribution in [0, 0.1) is 5.92 Å². The van der Waals surface area contributed by atoms with Crippen LogP contribution in [0.25, 0.3) is 0 Å². The standard InChI is InChI=1S/C14H23N3O/c1-2-10-17-14(13(11-18)15-16-17)9-8-12-6-4-3-5-7-12/h2,12,18H,1,3-11H2. The number of allylic oxidation sites excluding steroid dienone is 1. The first-order valence-electron chi connectivity index (χ1n) is 6.98. The molecule has 0 radical (unpaired) electrons. The van der Waals surface area contributed by atoms with Gasteiger partial charge in [0.1, 0.15) is 5.69 Å². The minimum atomic E-state index is -0.0167. The van der Waals surface area contributed by atoms with Gasteiger partial charge in [0.05, 0.1) is 18.8 Å². The fraction of sp³-hybridized carbons (Fsp3) is 0.714. The van der Waals surface area contributed by atoms with E-state index >= 15 is 0 Å². The summed E-state index contributed by atoms with van der Waals surface area (Å²) in [7, 11) is 0. The van der Waals surface area contributed by atoms with Crippen LogP contribution in [0.2, 0.25) is 0 Å². The van der Waals surface area contributed by atoms with Crippen LogP contribution in [0.15, 0.2) is 12.7 Å². The number of aromatic nitrogens is 3. The molecular weight excluding hydrogens is 226 g/mol. The van der Waals surface area contributed by atoms with E-state index in [-0.39, 0.29) is 6.61 Å². The summed E-state index contributed by atoms with van der Waals surface area (Å²) in [5.74, 6) is 0.845. The third-order valence-electron chi connectivity index (χ3n) is 3.88. The second-order valence-corrected chi connectivity index (χ2v) is 5.15. The van der Waals surface area contributed by atoms with Gasteiger partial charge in [-0.1, -0.05) is 43.4 Å². The average molecular weight is 249 g/mol. The Morgan fingerprint density at radius 1 is 1.33 bits per heavy atom. The van der Waals surface area contributed by atoms with Crippen molar-refractivity contribution in [2.75, 3.05) is 0 Å². The molecule has 0 unspecified atom stereocenters. The summed E-state index contributed by atoms with van der Waals surface area (Å²) in [5, 5.41) is 17.4. The molecule has 18 heavy (non-hydrogen) atoms. The molecule has 0 bridgehead atoms. The van der Waals surface area contributed by atoms with Gasteiger partial charge in [-0.25, -0.2) is 4.68 Å². The molecule has 0 spiro atoms. The molecule has 0 amide bonds. The number of nitrogens with zero attached hydrogens (tertiary/aromatic N) is 3. The van der Waals surface area contributed by atoms with Crippen molar-refractivity contribution in [3.05, 3.63) is 24.0 Å². The van der Waals surface area contributed by atoms with Crippen LogP contribution >= 0.6 is 0 Å². The molecule has 1 saturated carbocycles. The number of hydrogen-bond acceptors (Lipinski definition) is 3. The second kappa shape index (κ2) is 6.69. The van der Waals surface area contributed by atoms with E-state index in [0.717, 1.165) is 23.7 Å². The summed E-state index contributed by atoms with van der Waals surface area (Å²) in [6.45, 7) is 4.39. The van der Waals surface area contributed by atoms with Crippen molar-refractivity contribution in [3.8, 4) is 0 Å². The van der Waals surface area contributed by atoms with Gasteiger partial charge in [-0.3, -0.25) is 0 Å². The van der Waals surface area contributed by atoms with Crippen molar-refractivity contribution < 1.29 is 5.11 Å².